The largest absolute Gasteiger partial charge is 0.497 e. The Balaban J connectivity index is 2.14. The summed E-state index contributed by atoms with van der Waals surface area (Å²) in [7, 11) is -2.57. The van der Waals surface area contributed by atoms with Crippen molar-refractivity contribution in [2.45, 2.75) is 17.5 Å². The summed E-state index contributed by atoms with van der Waals surface area (Å²) in [6.07, 6.45) is 0. The van der Waals surface area contributed by atoms with Crippen LogP contribution in [0.15, 0.2) is 83.8 Å². The number of primary amides is 1. The number of halogens is 1. The van der Waals surface area contributed by atoms with Crippen LogP contribution < -0.4 is 10.5 Å². The summed E-state index contributed by atoms with van der Waals surface area (Å²) in [4.78, 5) is 12.5. The molecule has 0 saturated heterocycles. The van der Waals surface area contributed by atoms with Gasteiger partial charge in [0.05, 0.1) is 12.0 Å². The first kappa shape index (κ1) is 21.8. The fourth-order valence-corrected chi connectivity index (χ4v) is 4.81. The number of carbonyl (C=O) groups excluding carboxylic acids is 1. The predicted molar refractivity (Wildman–Crippen MR) is 116 cm³/mol. The SMILES string of the molecule is COc1cccc(CN(C(C(N)=O)c2ccccc2)S(=O)(=O)c2ccc(Cl)cc2)c1. The van der Waals surface area contributed by atoms with Crippen LogP contribution in [0, 0.1) is 0 Å². The van der Waals surface area contributed by atoms with Gasteiger partial charge in [-0.1, -0.05) is 54.1 Å². The number of amides is 1. The second-order valence-electron chi connectivity index (χ2n) is 6.57. The first-order valence-corrected chi connectivity index (χ1v) is 10.9. The monoisotopic (exact) mass is 444 g/mol. The average Bonchev–Trinajstić information content (AvgIpc) is 2.74. The molecule has 0 aliphatic heterocycles. The number of ether oxygens (including phenoxy) is 1. The lowest BCUT2D eigenvalue weighted by Crippen LogP contribution is -2.41. The lowest BCUT2D eigenvalue weighted by molar-refractivity contribution is -0.122. The molecule has 156 valence electrons. The van der Waals surface area contributed by atoms with Crippen molar-refractivity contribution in [1.82, 2.24) is 4.31 Å². The summed E-state index contributed by atoms with van der Waals surface area (Å²) in [5, 5.41) is 0.405. The van der Waals surface area contributed by atoms with Crippen LogP contribution in [0.2, 0.25) is 5.02 Å². The highest BCUT2D eigenvalue weighted by Crippen LogP contribution is 2.31. The third kappa shape index (κ3) is 4.81. The number of benzene rings is 3. The van der Waals surface area contributed by atoms with E-state index < -0.39 is 22.0 Å². The quantitative estimate of drug-likeness (QED) is 0.572. The molecule has 0 aliphatic rings. The fourth-order valence-electron chi connectivity index (χ4n) is 3.12. The minimum absolute atomic E-state index is 0.0111. The normalized spacial score (nSPS) is 12.5. The van der Waals surface area contributed by atoms with E-state index in [0.717, 1.165) is 4.31 Å². The van der Waals surface area contributed by atoms with E-state index in [1.807, 2.05) is 0 Å². The van der Waals surface area contributed by atoms with Gasteiger partial charge in [0.25, 0.3) is 0 Å². The standard InChI is InChI=1S/C22H21ClN2O4S/c1-29-19-9-5-6-16(14-19)15-25(21(22(24)26)17-7-3-2-4-8-17)30(27,28)20-12-10-18(23)11-13-20/h2-14,21H,15H2,1H3,(H2,24,26). The van der Waals surface area contributed by atoms with Crippen LogP contribution >= 0.6 is 11.6 Å². The van der Waals surface area contributed by atoms with Crippen molar-refractivity contribution >= 4 is 27.5 Å². The number of sulfonamides is 1. The van der Waals surface area contributed by atoms with Crippen molar-refractivity contribution in [2.24, 2.45) is 5.73 Å². The number of rotatable bonds is 8. The Hall–Kier alpha value is -2.87. The Morgan fingerprint density at radius 1 is 1.03 bits per heavy atom. The summed E-state index contributed by atoms with van der Waals surface area (Å²) in [5.74, 6) is -0.201. The van der Waals surface area contributed by atoms with Crippen molar-refractivity contribution in [3.63, 3.8) is 0 Å². The van der Waals surface area contributed by atoms with Crippen LogP contribution in [0.1, 0.15) is 17.2 Å². The van der Waals surface area contributed by atoms with Gasteiger partial charge in [0.2, 0.25) is 15.9 Å². The van der Waals surface area contributed by atoms with Gasteiger partial charge in [0.15, 0.2) is 0 Å². The highest BCUT2D eigenvalue weighted by molar-refractivity contribution is 7.89. The van der Waals surface area contributed by atoms with Crippen molar-refractivity contribution in [3.8, 4) is 5.75 Å². The Bertz CT molecular complexity index is 1120. The molecule has 0 aliphatic carbocycles. The molecule has 0 radical (unpaired) electrons. The molecule has 3 aromatic carbocycles. The number of nitrogens with two attached hydrogens (primary N) is 1. The van der Waals surface area contributed by atoms with E-state index >= 15 is 0 Å². The van der Waals surface area contributed by atoms with Crippen LogP contribution in [0.5, 0.6) is 5.75 Å². The molecule has 0 spiro atoms. The van der Waals surface area contributed by atoms with Gasteiger partial charge >= 0.3 is 0 Å². The molecule has 3 rings (SSSR count). The van der Waals surface area contributed by atoms with Crippen molar-refractivity contribution in [1.29, 1.82) is 0 Å². The van der Waals surface area contributed by atoms with Gasteiger partial charge < -0.3 is 10.5 Å². The molecule has 2 N–H and O–H groups in total. The van der Waals surface area contributed by atoms with Crippen LogP contribution in [-0.4, -0.2) is 25.7 Å². The number of nitrogens with zero attached hydrogens (tertiary/aromatic N) is 1. The summed E-state index contributed by atoms with van der Waals surface area (Å²) >= 11 is 5.92. The van der Waals surface area contributed by atoms with Crippen LogP contribution in [0.3, 0.4) is 0 Å². The zero-order chi connectivity index (χ0) is 21.7. The smallest absolute Gasteiger partial charge is 0.244 e. The average molecular weight is 445 g/mol. The van der Waals surface area contributed by atoms with Gasteiger partial charge in [-0.2, -0.15) is 4.31 Å². The maximum absolute atomic E-state index is 13.6. The molecule has 0 bridgehead atoms. The van der Waals surface area contributed by atoms with Gasteiger partial charge in [-0.3, -0.25) is 4.79 Å². The van der Waals surface area contributed by atoms with Crippen LogP contribution in [0.4, 0.5) is 0 Å². The van der Waals surface area contributed by atoms with E-state index in [0.29, 0.717) is 21.9 Å². The molecule has 1 unspecified atom stereocenters. The molecule has 0 aromatic heterocycles. The molecule has 6 nitrogen and oxygen atoms in total. The summed E-state index contributed by atoms with van der Waals surface area (Å²) in [6, 6.07) is 20.1. The molecule has 0 heterocycles. The lowest BCUT2D eigenvalue weighted by Gasteiger charge is -2.29. The van der Waals surface area contributed by atoms with Crippen molar-refractivity contribution in [2.75, 3.05) is 7.11 Å². The molecule has 0 saturated carbocycles. The van der Waals surface area contributed by atoms with E-state index in [2.05, 4.69) is 0 Å². The Morgan fingerprint density at radius 2 is 1.70 bits per heavy atom. The van der Waals surface area contributed by atoms with E-state index in [9.17, 15) is 13.2 Å². The molecule has 1 atom stereocenters. The molecule has 8 heteroatoms. The Kier molecular flexibility index (Phi) is 6.77. The van der Waals surface area contributed by atoms with E-state index in [4.69, 9.17) is 22.1 Å². The molecular formula is C22H21ClN2O4S. The molecule has 30 heavy (non-hydrogen) atoms. The van der Waals surface area contributed by atoms with Gasteiger partial charge in [-0.05, 0) is 47.5 Å². The lowest BCUT2D eigenvalue weighted by atomic mass is 10.1. The maximum Gasteiger partial charge on any atom is 0.244 e. The zero-order valence-electron chi connectivity index (χ0n) is 16.2. The van der Waals surface area contributed by atoms with Gasteiger partial charge in [0, 0.05) is 11.6 Å². The summed E-state index contributed by atoms with van der Waals surface area (Å²) in [5.41, 5.74) is 6.81. The van der Waals surface area contributed by atoms with E-state index in [1.54, 1.807) is 54.6 Å². The number of methoxy groups -OCH3 is 1. The molecule has 0 fully saturated rings. The zero-order valence-corrected chi connectivity index (χ0v) is 17.8. The topological polar surface area (TPSA) is 89.7 Å². The fraction of sp³-hybridized carbons (Fsp3) is 0.136. The number of hydrogen-bond donors (Lipinski definition) is 1. The van der Waals surface area contributed by atoms with Crippen molar-refractivity contribution in [3.05, 3.63) is 95.0 Å². The third-order valence-electron chi connectivity index (χ3n) is 4.57. The second-order valence-corrected chi connectivity index (χ2v) is 8.90. The summed E-state index contributed by atoms with van der Waals surface area (Å²) in [6.45, 7) is -0.0787. The number of hydrogen-bond acceptors (Lipinski definition) is 4. The van der Waals surface area contributed by atoms with Crippen molar-refractivity contribution < 1.29 is 17.9 Å². The highest BCUT2D eigenvalue weighted by atomic mass is 35.5. The van der Waals surface area contributed by atoms with Gasteiger partial charge in [-0.15, -0.1) is 0 Å². The highest BCUT2D eigenvalue weighted by Gasteiger charge is 2.36. The number of carbonyl (C=O) groups is 1. The summed E-state index contributed by atoms with van der Waals surface area (Å²) < 4.78 is 33.5. The minimum Gasteiger partial charge on any atom is -0.497 e. The first-order valence-electron chi connectivity index (χ1n) is 9.07. The van der Waals surface area contributed by atoms with E-state index in [-0.39, 0.29) is 11.4 Å². The van der Waals surface area contributed by atoms with Gasteiger partial charge in [0.1, 0.15) is 11.8 Å². The Morgan fingerprint density at radius 3 is 2.30 bits per heavy atom. The maximum atomic E-state index is 13.6. The second kappa shape index (κ2) is 9.30. The third-order valence-corrected chi connectivity index (χ3v) is 6.64. The van der Waals surface area contributed by atoms with Crippen LogP contribution in [-0.2, 0) is 21.4 Å². The molecular weight excluding hydrogens is 424 g/mol. The molecule has 3 aromatic rings. The predicted octanol–water partition coefficient (Wildman–Crippen LogP) is 3.77. The minimum atomic E-state index is -4.09. The first-order chi connectivity index (χ1) is 14.3. The van der Waals surface area contributed by atoms with Gasteiger partial charge in [-0.25, -0.2) is 8.42 Å². The molecule has 1 amide bonds. The van der Waals surface area contributed by atoms with E-state index in [1.165, 1.54) is 31.4 Å². The Labute approximate surface area is 180 Å². The van der Waals surface area contributed by atoms with Crippen LogP contribution in [0.25, 0.3) is 0 Å².